The van der Waals surface area contributed by atoms with Gasteiger partial charge < -0.3 is 4.74 Å². The topological polar surface area (TPSA) is 50.1 Å². The van der Waals surface area contributed by atoms with Gasteiger partial charge in [-0.2, -0.15) is 5.26 Å². The maximum atomic E-state index is 13.3. The van der Waals surface area contributed by atoms with Crippen LogP contribution in [0.25, 0.3) is 0 Å². The van der Waals surface area contributed by atoms with Crippen molar-refractivity contribution in [3.05, 3.63) is 34.6 Å². The van der Waals surface area contributed by atoms with E-state index in [0.717, 1.165) is 12.1 Å². The highest BCUT2D eigenvalue weighted by Crippen LogP contribution is 2.26. The molecule has 0 aromatic heterocycles. The molecule has 0 spiro atoms. The third kappa shape index (κ3) is 3.23. The van der Waals surface area contributed by atoms with Gasteiger partial charge in [-0.3, -0.25) is 4.79 Å². The molecule has 0 saturated heterocycles. The zero-order valence-electron chi connectivity index (χ0n) is 9.54. The van der Waals surface area contributed by atoms with E-state index in [9.17, 15) is 18.0 Å². The highest BCUT2D eigenvalue weighted by atomic mass is 19.3. The average molecular weight is 257 g/mol. The summed E-state index contributed by atoms with van der Waals surface area (Å²) in [7, 11) is 0. The van der Waals surface area contributed by atoms with Gasteiger partial charge in [0.15, 0.2) is 0 Å². The molecule has 0 bridgehead atoms. The Hall–Kier alpha value is -2.03. The molecule has 1 rings (SSSR count). The molecule has 0 aliphatic rings. The van der Waals surface area contributed by atoms with E-state index in [0.29, 0.717) is 0 Å². The number of carbonyl (C=O) groups excluding carboxylic acids is 1. The van der Waals surface area contributed by atoms with Crippen LogP contribution in [0.3, 0.4) is 0 Å². The number of nitriles is 1. The van der Waals surface area contributed by atoms with Crippen molar-refractivity contribution in [3.63, 3.8) is 0 Å². The van der Waals surface area contributed by atoms with E-state index in [2.05, 4.69) is 4.74 Å². The van der Waals surface area contributed by atoms with Crippen molar-refractivity contribution in [2.45, 2.75) is 19.8 Å². The van der Waals surface area contributed by atoms with Crippen molar-refractivity contribution in [2.24, 2.45) is 0 Å². The van der Waals surface area contributed by atoms with Gasteiger partial charge in [0.05, 0.1) is 18.6 Å². The minimum absolute atomic E-state index is 0.113. The highest BCUT2D eigenvalue weighted by molar-refractivity contribution is 5.73. The molecule has 0 unspecified atom stereocenters. The lowest BCUT2D eigenvalue weighted by molar-refractivity contribution is -0.142. The predicted molar refractivity (Wildman–Crippen MR) is 56.4 cm³/mol. The average Bonchev–Trinajstić information content (AvgIpc) is 2.29. The van der Waals surface area contributed by atoms with Gasteiger partial charge in [-0.25, -0.2) is 13.2 Å². The number of nitrogens with zero attached hydrogens (tertiary/aromatic N) is 1. The van der Waals surface area contributed by atoms with E-state index in [1.807, 2.05) is 0 Å². The molecule has 96 valence electrons. The molecule has 0 fully saturated rings. The predicted octanol–water partition coefficient (Wildman–Crippen LogP) is 2.74. The summed E-state index contributed by atoms with van der Waals surface area (Å²) >= 11 is 0. The van der Waals surface area contributed by atoms with Gasteiger partial charge in [-0.1, -0.05) is 0 Å². The molecule has 0 saturated carbocycles. The Labute approximate surface area is 102 Å². The number of esters is 1. The van der Waals surface area contributed by atoms with Crippen LogP contribution < -0.4 is 0 Å². The van der Waals surface area contributed by atoms with Gasteiger partial charge in [-0.05, 0) is 24.6 Å². The molecule has 0 heterocycles. The standard InChI is InChI=1S/C12H10F3NO2/c1-2-18-11(17)5-7-4-10(13)8(6-16)3-9(7)12(14)15/h3-4,12H,2,5H2,1H3. The maximum absolute atomic E-state index is 13.3. The lowest BCUT2D eigenvalue weighted by atomic mass is 10.0. The summed E-state index contributed by atoms with van der Waals surface area (Å²) in [6, 6.07) is 3.00. The van der Waals surface area contributed by atoms with Crippen LogP contribution in [0.1, 0.15) is 30.0 Å². The Kier molecular flexibility index (Phi) is 4.72. The second-order valence-electron chi connectivity index (χ2n) is 3.43. The molecule has 0 radical (unpaired) electrons. The van der Waals surface area contributed by atoms with Gasteiger partial charge in [0.1, 0.15) is 11.9 Å². The lowest BCUT2D eigenvalue weighted by Gasteiger charge is -2.09. The van der Waals surface area contributed by atoms with Crippen LogP contribution >= 0.6 is 0 Å². The van der Waals surface area contributed by atoms with E-state index < -0.39 is 35.8 Å². The zero-order valence-corrected chi connectivity index (χ0v) is 9.54. The monoisotopic (exact) mass is 257 g/mol. The minimum Gasteiger partial charge on any atom is -0.466 e. The van der Waals surface area contributed by atoms with Crippen molar-refractivity contribution >= 4 is 5.97 Å². The van der Waals surface area contributed by atoms with E-state index in [-0.39, 0.29) is 12.2 Å². The summed E-state index contributed by atoms with van der Waals surface area (Å²) in [5.41, 5.74) is -1.17. The molecular weight excluding hydrogens is 247 g/mol. The molecule has 18 heavy (non-hydrogen) atoms. The first kappa shape index (κ1) is 14.0. The smallest absolute Gasteiger partial charge is 0.310 e. The first-order valence-electron chi connectivity index (χ1n) is 5.15. The Morgan fingerprint density at radius 1 is 1.50 bits per heavy atom. The summed E-state index contributed by atoms with van der Waals surface area (Å²) < 4.78 is 43.4. The minimum atomic E-state index is -2.89. The van der Waals surface area contributed by atoms with E-state index in [4.69, 9.17) is 5.26 Å². The van der Waals surface area contributed by atoms with Crippen LogP contribution in [0.5, 0.6) is 0 Å². The van der Waals surface area contributed by atoms with E-state index in [1.54, 1.807) is 6.92 Å². The quantitative estimate of drug-likeness (QED) is 0.779. The number of rotatable bonds is 4. The fraction of sp³-hybridized carbons (Fsp3) is 0.333. The van der Waals surface area contributed by atoms with Crippen molar-refractivity contribution in [1.82, 2.24) is 0 Å². The summed E-state index contributed by atoms with van der Waals surface area (Å²) in [4.78, 5) is 11.2. The summed E-state index contributed by atoms with van der Waals surface area (Å²) in [6.07, 6.45) is -3.34. The normalized spacial score (nSPS) is 10.2. The third-order valence-electron chi connectivity index (χ3n) is 2.22. The molecule has 3 nitrogen and oxygen atoms in total. The van der Waals surface area contributed by atoms with Crippen LogP contribution in [0.15, 0.2) is 12.1 Å². The Bertz CT molecular complexity index is 495. The number of alkyl halides is 2. The lowest BCUT2D eigenvalue weighted by Crippen LogP contribution is -2.10. The number of benzene rings is 1. The first-order valence-corrected chi connectivity index (χ1v) is 5.15. The fourth-order valence-electron chi connectivity index (χ4n) is 1.44. The van der Waals surface area contributed by atoms with Gasteiger partial charge in [0.2, 0.25) is 0 Å². The Balaban J connectivity index is 3.14. The molecule has 0 aliphatic carbocycles. The van der Waals surface area contributed by atoms with Gasteiger partial charge in [0, 0.05) is 5.56 Å². The number of halogens is 3. The SMILES string of the molecule is CCOC(=O)Cc1cc(F)c(C#N)cc1C(F)F. The summed E-state index contributed by atoms with van der Waals surface area (Å²) in [5.74, 6) is -1.65. The molecule has 0 atom stereocenters. The largest absolute Gasteiger partial charge is 0.466 e. The van der Waals surface area contributed by atoms with Crippen molar-refractivity contribution < 1.29 is 22.7 Å². The van der Waals surface area contributed by atoms with Gasteiger partial charge in [-0.15, -0.1) is 0 Å². The molecular formula is C12H10F3NO2. The maximum Gasteiger partial charge on any atom is 0.310 e. The van der Waals surface area contributed by atoms with Crippen LogP contribution in [0.2, 0.25) is 0 Å². The van der Waals surface area contributed by atoms with Gasteiger partial charge >= 0.3 is 5.97 Å². The molecule has 0 N–H and O–H groups in total. The molecule has 0 aliphatic heterocycles. The van der Waals surface area contributed by atoms with Crippen molar-refractivity contribution in [1.29, 1.82) is 5.26 Å². The van der Waals surface area contributed by atoms with E-state index in [1.165, 1.54) is 6.07 Å². The molecule has 6 heteroatoms. The zero-order chi connectivity index (χ0) is 13.7. The Morgan fingerprint density at radius 2 is 2.17 bits per heavy atom. The summed E-state index contributed by atoms with van der Waals surface area (Å²) in [5, 5.41) is 8.56. The third-order valence-corrected chi connectivity index (χ3v) is 2.22. The number of carbonyl (C=O) groups is 1. The van der Waals surface area contributed by atoms with Crippen LogP contribution in [-0.4, -0.2) is 12.6 Å². The van der Waals surface area contributed by atoms with E-state index >= 15 is 0 Å². The molecule has 0 amide bonds. The second-order valence-corrected chi connectivity index (χ2v) is 3.43. The van der Waals surface area contributed by atoms with Gasteiger partial charge in [0.25, 0.3) is 6.43 Å². The number of hydrogen-bond acceptors (Lipinski definition) is 3. The fourth-order valence-corrected chi connectivity index (χ4v) is 1.44. The summed E-state index contributed by atoms with van der Waals surface area (Å²) in [6.45, 7) is 1.69. The number of ether oxygens (including phenoxy) is 1. The van der Waals surface area contributed by atoms with Crippen LogP contribution in [-0.2, 0) is 16.0 Å². The van der Waals surface area contributed by atoms with Crippen molar-refractivity contribution in [2.75, 3.05) is 6.61 Å². The Morgan fingerprint density at radius 3 is 2.67 bits per heavy atom. The van der Waals surface area contributed by atoms with Crippen molar-refractivity contribution in [3.8, 4) is 6.07 Å². The highest BCUT2D eigenvalue weighted by Gasteiger charge is 2.19. The molecule has 1 aromatic carbocycles. The number of hydrogen-bond donors (Lipinski definition) is 0. The van der Waals surface area contributed by atoms with Crippen LogP contribution in [0, 0.1) is 17.1 Å². The second kappa shape index (κ2) is 6.05. The first-order chi connectivity index (χ1) is 8.49. The van der Waals surface area contributed by atoms with Crippen LogP contribution in [0.4, 0.5) is 13.2 Å². The molecule has 1 aromatic rings.